The van der Waals surface area contributed by atoms with E-state index in [-0.39, 0.29) is 35.2 Å². The van der Waals surface area contributed by atoms with E-state index in [1.54, 1.807) is 18.2 Å². The third-order valence-electron chi connectivity index (χ3n) is 6.27. The number of nitrogens with one attached hydrogen (secondary N) is 1. The number of carbonyl (C=O) groups excluding carboxylic acids is 1. The number of amidine groups is 1. The number of amides is 1. The van der Waals surface area contributed by atoms with Crippen LogP contribution in [-0.4, -0.2) is 51.7 Å². The van der Waals surface area contributed by atoms with Crippen LogP contribution in [0.3, 0.4) is 0 Å². The highest BCUT2D eigenvalue weighted by atomic mass is 16.6. The van der Waals surface area contributed by atoms with Crippen LogP contribution in [-0.2, 0) is 6.54 Å². The van der Waals surface area contributed by atoms with Gasteiger partial charge < -0.3 is 25.4 Å². The number of hydrogen-bond donors (Lipinski definition) is 2. The molecule has 0 saturated carbocycles. The number of aliphatic imine (C=N–C) groups is 1. The standard InChI is InChI=1S/C29H24N8O5/c1-36-13-12-32-27(36)19-8-5-9-21(14-19)42-29-34-26(33-17-18-6-3-2-4-7-18)24(37(39)40)28(35-29)41-22-11-10-20(16-30)23(15-22)25(31)38/h2-11,14-15H,12-13,17H2,1H3,(H2,31,38)(H,33,34,35). The van der Waals surface area contributed by atoms with E-state index in [1.165, 1.54) is 18.2 Å². The first-order valence-electron chi connectivity index (χ1n) is 12.7. The molecule has 1 aliphatic heterocycles. The van der Waals surface area contributed by atoms with E-state index in [2.05, 4.69) is 20.3 Å². The van der Waals surface area contributed by atoms with E-state index >= 15 is 0 Å². The Morgan fingerprint density at radius 2 is 1.88 bits per heavy atom. The predicted octanol–water partition coefficient (Wildman–Crippen LogP) is 4.24. The Morgan fingerprint density at radius 3 is 2.57 bits per heavy atom. The summed E-state index contributed by atoms with van der Waals surface area (Å²) in [4.78, 5) is 38.5. The van der Waals surface area contributed by atoms with E-state index in [0.29, 0.717) is 12.3 Å². The average Bonchev–Trinajstić information content (AvgIpc) is 3.42. The number of benzene rings is 3. The Kier molecular flexibility index (Phi) is 7.87. The number of nitrogens with two attached hydrogens (primary N) is 1. The predicted molar refractivity (Wildman–Crippen MR) is 153 cm³/mol. The summed E-state index contributed by atoms with van der Waals surface area (Å²) < 4.78 is 11.8. The molecule has 1 aromatic heterocycles. The molecular weight excluding hydrogens is 540 g/mol. The molecule has 2 heterocycles. The molecule has 210 valence electrons. The summed E-state index contributed by atoms with van der Waals surface area (Å²) in [5.74, 6) is -0.279. The molecule has 0 unspecified atom stereocenters. The van der Waals surface area contributed by atoms with Crippen molar-refractivity contribution in [1.82, 2.24) is 14.9 Å². The van der Waals surface area contributed by atoms with Gasteiger partial charge in [-0.1, -0.05) is 42.5 Å². The van der Waals surface area contributed by atoms with Crippen molar-refractivity contribution in [3.8, 4) is 29.5 Å². The largest absolute Gasteiger partial charge is 0.433 e. The molecule has 0 fully saturated rings. The van der Waals surface area contributed by atoms with Crippen LogP contribution < -0.4 is 20.5 Å². The maximum absolute atomic E-state index is 12.2. The molecule has 0 atom stereocenters. The van der Waals surface area contributed by atoms with E-state index in [4.69, 9.17) is 15.2 Å². The molecular formula is C29H24N8O5. The van der Waals surface area contributed by atoms with Crippen molar-refractivity contribution in [2.75, 3.05) is 25.5 Å². The van der Waals surface area contributed by atoms with Gasteiger partial charge in [0.2, 0.25) is 11.7 Å². The Bertz CT molecular complexity index is 1740. The summed E-state index contributed by atoms with van der Waals surface area (Å²) in [5, 5.41) is 24.5. The summed E-state index contributed by atoms with van der Waals surface area (Å²) in [5.41, 5.74) is 6.44. The number of anilines is 1. The van der Waals surface area contributed by atoms with Crippen LogP contribution in [0, 0.1) is 21.4 Å². The van der Waals surface area contributed by atoms with E-state index < -0.39 is 22.4 Å². The van der Waals surface area contributed by atoms with Crippen LogP contribution in [0.25, 0.3) is 0 Å². The smallest absolute Gasteiger partial charge is 0.373 e. The second-order valence-electron chi connectivity index (χ2n) is 9.15. The summed E-state index contributed by atoms with van der Waals surface area (Å²) >= 11 is 0. The first kappa shape index (κ1) is 27.5. The molecule has 0 radical (unpaired) electrons. The van der Waals surface area contributed by atoms with Gasteiger partial charge in [0.15, 0.2) is 0 Å². The SMILES string of the molecule is CN1CCN=C1c1cccc(Oc2nc(NCc3ccccc3)c([N+](=O)[O-])c(Oc3ccc(C#N)c(C(N)=O)c3)n2)c1. The van der Waals surface area contributed by atoms with E-state index in [9.17, 15) is 20.2 Å². The van der Waals surface area contributed by atoms with Crippen LogP contribution in [0.2, 0.25) is 0 Å². The molecule has 0 bridgehead atoms. The van der Waals surface area contributed by atoms with Crippen molar-refractivity contribution in [2.45, 2.75) is 6.54 Å². The van der Waals surface area contributed by atoms with Crippen molar-refractivity contribution in [3.05, 3.63) is 105 Å². The van der Waals surface area contributed by atoms with Crippen LogP contribution in [0.5, 0.6) is 23.4 Å². The molecule has 1 amide bonds. The highest BCUT2D eigenvalue weighted by molar-refractivity contribution is 6.00. The van der Waals surface area contributed by atoms with Crippen molar-refractivity contribution in [2.24, 2.45) is 10.7 Å². The van der Waals surface area contributed by atoms with Gasteiger partial charge in [0, 0.05) is 25.7 Å². The first-order valence-corrected chi connectivity index (χ1v) is 12.7. The Morgan fingerprint density at radius 1 is 1.10 bits per heavy atom. The fourth-order valence-corrected chi connectivity index (χ4v) is 4.25. The number of hydrogen-bond acceptors (Lipinski definition) is 11. The minimum absolute atomic E-state index is 0.00570. The zero-order chi connectivity index (χ0) is 29.6. The highest BCUT2D eigenvalue weighted by Crippen LogP contribution is 2.38. The summed E-state index contributed by atoms with van der Waals surface area (Å²) in [7, 11) is 1.94. The lowest BCUT2D eigenvalue weighted by Crippen LogP contribution is -2.23. The molecule has 13 heteroatoms. The number of primary amides is 1. The van der Waals surface area contributed by atoms with Gasteiger partial charge in [0.05, 0.1) is 28.7 Å². The quantitative estimate of drug-likeness (QED) is 0.209. The van der Waals surface area contributed by atoms with Gasteiger partial charge in [-0.25, -0.2) is 0 Å². The van der Waals surface area contributed by atoms with Gasteiger partial charge in [0.1, 0.15) is 17.3 Å². The van der Waals surface area contributed by atoms with Crippen LogP contribution in [0.4, 0.5) is 11.5 Å². The molecule has 3 aromatic carbocycles. The van der Waals surface area contributed by atoms with Crippen molar-refractivity contribution >= 4 is 23.2 Å². The number of nitrogens with zero attached hydrogens (tertiary/aromatic N) is 6. The average molecular weight is 565 g/mol. The number of nitro groups is 1. The number of aromatic nitrogens is 2. The fraction of sp³-hybridized carbons (Fsp3) is 0.138. The number of likely N-dealkylation sites (N-methyl/N-ethyl adjacent to an activating group) is 1. The molecule has 0 aliphatic carbocycles. The van der Waals surface area contributed by atoms with Gasteiger partial charge >= 0.3 is 17.6 Å². The molecule has 0 spiro atoms. The van der Waals surface area contributed by atoms with Crippen molar-refractivity contribution in [3.63, 3.8) is 0 Å². The zero-order valence-corrected chi connectivity index (χ0v) is 22.4. The van der Waals surface area contributed by atoms with E-state index in [1.807, 2.05) is 54.4 Å². The van der Waals surface area contributed by atoms with Gasteiger partial charge in [-0.2, -0.15) is 15.2 Å². The lowest BCUT2D eigenvalue weighted by molar-refractivity contribution is -0.385. The van der Waals surface area contributed by atoms with Crippen LogP contribution >= 0.6 is 0 Å². The molecule has 4 aromatic rings. The molecule has 5 rings (SSSR count). The number of carbonyl (C=O) groups is 1. The number of ether oxygens (including phenoxy) is 2. The second kappa shape index (κ2) is 12.0. The topological polar surface area (TPSA) is 182 Å². The maximum Gasteiger partial charge on any atom is 0.373 e. The second-order valence-corrected chi connectivity index (χ2v) is 9.15. The molecule has 1 aliphatic rings. The van der Waals surface area contributed by atoms with Gasteiger partial charge in [-0.3, -0.25) is 19.9 Å². The highest BCUT2D eigenvalue weighted by Gasteiger charge is 2.28. The lowest BCUT2D eigenvalue weighted by Gasteiger charge is -2.15. The third kappa shape index (κ3) is 6.07. The summed E-state index contributed by atoms with van der Waals surface area (Å²) in [6.45, 7) is 1.70. The Labute approximate surface area is 240 Å². The zero-order valence-electron chi connectivity index (χ0n) is 22.4. The van der Waals surface area contributed by atoms with E-state index in [0.717, 1.165) is 23.5 Å². The minimum atomic E-state index is -0.860. The van der Waals surface area contributed by atoms with Crippen molar-refractivity contribution < 1.29 is 19.2 Å². The van der Waals surface area contributed by atoms with Crippen LogP contribution in [0.15, 0.2) is 77.8 Å². The molecule has 13 nitrogen and oxygen atoms in total. The molecule has 42 heavy (non-hydrogen) atoms. The van der Waals surface area contributed by atoms with Gasteiger partial charge in [0.25, 0.3) is 0 Å². The fourth-order valence-electron chi connectivity index (χ4n) is 4.25. The first-order chi connectivity index (χ1) is 20.3. The maximum atomic E-state index is 12.2. The minimum Gasteiger partial charge on any atom is -0.433 e. The number of rotatable bonds is 10. The third-order valence-corrected chi connectivity index (χ3v) is 6.27. The normalized spacial score (nSPS) is 12.3. The lowest BCUT2D eigenvalue weighted by atomic mass is 10.1. The Balaban J connectivity index is 1.55. The molecule has 3 N–H and O–H groups in total. The number of nitriles is 1. The summed E-state index contributed by atoms with van der Waals surface area (Å²) in [6.07, 6.45) is 0. The Hall–Kier alpha value is -6.03. The van der Waals surface area contributed by atoms with Crippen LogP contribution in [0.1, 0.15) is 27.0 Å². The monoisotopic (exact) mass is 564 g/mol. The summed E-state index contributed by atoms with van der Waals surface area (Å²) in [6, 6.07) is 21.9. The molecule has 0 saturated heterocycles. The van der Waals surface area contributed by atoms with Crippen molar-refractivity contribution in [1.29, 1.82) is 5.26 Å². The van der Waals surface area contributed by atoms with Gasteiger partial charge in [-0.15, -0.1) is 0 Å². The van der Waals surface area contributed by atoms with Gasteiger partial charge in [-0.05, 0) is 35.9 Å².